The average Bonchev–Trinajstić information content (AvgIpc) is 3.32. The number of nitro groups is 1. The number of H-pyrrole nitrogens is 1. The third kappa shape index (κ3) is 6.68. The molecule has 1 heterocycles. The summed E-state index contributed by atoms with van der Waals surface area (Å²) in [5.41, 5.74) is 4.96. The zero-order valence-electron chi connectivity index (χ0n) is 18.7. The van der Waals surface area contributed by atoms with E-state index < -0.39 is 4.92 Å². The van der Waals surface area contributed by atoms with Crippen LogP contribution in [0.15, 0.2) is 52.7 Å². The first kappa shape index (κ1) is 24.5. The largest absolute Gasteiger partial charge is 0.493 e. The number of carbonyl (C=O) groups is 1. The Labute approximate surface area is 199 Å². The van der Waals surface area contributed by atoms with Crippen molar-refractivity contribution < 1.29 is 19.2 Å². The van der Waals surface area contributed by atoms with E-state index in [1.165, 1.54) is 23.9 Å². The second kappa shape index (κ2) is 11.7. The minimum absolute atomic E-state index is 0.00849. The molecule has 0 spiro atoms. The van der Waals surface area contributed by atoms with Gasteiger partial charge in [0.2, 0.25) is 17.0 Å². The number of thioether (sulfide) groups is 1. The predicted molar refractivity (Wildman–Crippen MR) is 127 cm³/mol. The van der Waals surface area contributed by atoms with E-state index in [1.54, 1.807) is 45.4 Å². The van der Waals surface area contributed by atoms with E-state index in [0.717, 1.165) is 11.1 Å². The molecule has 0 saturated heterocycles. The summed E-state index contributed by atoms with van der Waals surface area (Å²) in [6.45, 7) is 2.10. The molecule has 0 unspecified atom stereocenters. The van der Waals surface area contributed by atoms with E-state index in [0.29, 0.717) is 34.9 Å². The maximum absolute atomic E-state index is 12.2. The maximum Gasteiger partial charge on any atom is 0.269 e. The topological polar surface area (TPSA) is 157 Å². The molecule has 2 aromatic carbocycles. The molecule has 3 aromatic rings. The molecule has 3 N–H and O–H groups in total. The minimum atomic E-state index is -0.460. The van der Waals surface area contributed by atoms with Crippen LogP contribution in [0.1, 0.15) is 18.1 Å². The average molecular weight is 486 g/mol. The van der Waals surface area contributed by atoms with Crippen LogP contribution in [0.4, 0.5) is 11.6 Å². The Balaban J connectivity index is 1.46. The van der Waals surface area contributed by atoms with Gasteiger partial charge in [0.25, 0.3) is 5.69 Å². The second-order valence-corrected chi connectivity index (χ2v) is 7.78. The van der Waals surface area contributed by atoms with E-state index in [2.05, 4.69) is 31.0 Å². The highest BCUT2D eigenvalue weighted by molar-refractivity contribution is 7.99. The van der Waals surface area contributed by atoms with Crippen LogP contribution in [0.25, 0.3) is 0 Å². The Bertz CT molecular complexity index is 1180. The van der Waals surface area contributed by atoms with Crippen molar-refractivity contribution in [3.63, 3.8) is 0 Å². The molecular weight excluding hydrogens is 462 g/mol. The summed E-state index contributed by atoms with van der Waals surface area (Å²) >= 11 is 1.17. The molecule has 178 valence electrons. The Hall–Kier alpha value is -4.13. The van der Waals surface area contributed by atoms with Gasteiger partial charge >= 0.3 is 0 Å². The summed E-state index contributed by atoms with van der Waals surface area (Å²) in [7, 11) is 3.12. The van der Waals surface area contributed by atoms with Crippen LogP contribution in [-0.4, -0.2) is 51.7 Å². The molecule has 0 aliphatic carbocycles. The number of hydrogen-bond donors (Lipinski definition) is 3. The van der Waals surface area contributed by atoms with Crippen molar-refractivity contribution in [3.8, 4) is 11.5 Å². The van der Waals surface area contributed by atoms with Gasteiger partial charge in [-0.25, -0.2) is 10.5 Å². The number of carbonyl (C=O) groups excluding carboxylic acids is 1. The SMILES string of the molecule is COc1ccc(CNC(=O)CSc2n[nH]c(N/N=C(/C)c3ccc([N+](=O)[O-])cc3)n2)cc1OC. The summed E-state index contributed by atoms with van der Waals surface area (Å²) in [5, 5.41) is 24.9. The molecule has 1 aromatic heterocycles. The van der Waals surface area contributed by atoms with Crippen LogP contribution in [-0.2, 0) is 11.3 Å². The van der Waals surface area contributed by atoms with Crippen molar-refractivity contribution in [2.24, 2.45) is 5.10 Å². The van der Waals surface area contributed by atoms with E-state index in [1.807, 2.05) is 6.07 Å². The third-order valence-corrected chi connectivity index (χ3v) is 5.41. The highest BCUT2D eigenvalue weighted by atomic mass is 32.2. The smallest absolute Gasteiger partial charge is 0.269 e. The van der Waals surface area contributed by atoms with Gasteiger partial charge in [-0.2, -0.15) is 10.1 Å². The molecule has 0 saturated carbocycles. The Kier molecular flexibility index (Phi) is 8.40. The predicted octanol–water partition coefficient (Wildman–Crippen LogP) is 2.97. The number of non-ortho nitro benzene ring substituents is 1. The first-order valence-corrected chi connectivity index (χ1v) is 11.0. The summed E-state index contributed by atoms with van der Waals surface area (Å²) in [4.78, 5) is 26.7. The van der Waals surface area contributed by atoms with Crippen molar-refractivity contribution in [3.05, 3.63) is 63.7 Å². The highest BCUT2D eigenvalue weighted by Gasteiger charge is 2.10. The summed E-state index contributed by atoms with van der Waals surface area (Å²) in [5.74, 6) is 1.47. The van der Waals surface area contributed by atoms with Crippen molar-refractivity contribution >= 4 is 35.0 Å². The lowest BCUT2D eigenvalue weighted by Crippen LogP contribution is -2.24. The molecule has 13 heteroatoms. The van der Waals surface area contributed by atoms with Gasteiger partial charge in [-0.15, -0.1) is 5.10 Å². The van der Waals surface area contributed by atoms with Crippen LogP contribution in [0.5, 0.6) is 11.5 Å². The van der Waals surface area contributed by atoms with Gasteiger partial charge in [-0.1, -0.05) is 17.8 Å². The van der Waals surface area contributed by atoms with Crippen LogP contribution in [0.3, 0.4) is 0 Å². The molecule has 3 rings (SSSR count). The Morgan fingerprint density at radius 1 is 1.18 bits per heavy atom. The van der Waals surface area contributed by atoms with Crippen LogP contribution < -0.4 is 20.2 Å². The number of nitrogens with zero attached hydrogens (tertiary/aromatic N) is 4. The molecule has 0 aliphatic rings. The minimum Gasteiger partial charge on any atom is -0.493 e. The van der Waals surface area contributed by atoms with Gasteiger partial charge in [0.05, 0.1) is 30.6 Å². The zero-order chi connectivity index (χ0) is 24.5. The van der Waals surface area contributed by atoms with Gasteiger partial charge in [0.15, 0.2) is 11.5 Å². The quantitative estimate of drug-likeness (QED) is 0.161. The monoisotopic (exact) mass is 485 g/mol. The lowest BCUT2D eigenvalue weighted by Gasteiger charge is -2.10. The number of anilines is 1. The second-order valence-electron chi connectivity index (χ2n) is 6.83. The number of methoxy groups -OCH3 is 2. The van der Waals surface area contributed by atoms with E-state index in [-0.39, 0.29) is 17.3 Å². The number of aromatic nitrogens is 3. The standard InChI is InChI=1S/C21H23N7O5S/c1-13(15-5-7-16(8-6-15)28(30)31)24-25-20-23-21(27-26-20)34-12-19(29)22-11-14-4-9-17(32-2)18(10-14)33-3/h4-10H,11-12H2,1-3H3,(H,22,29)(H2,23,25,26,27)/b24-13-. The molecule has 1 amide bonds. The van der Waals surface area contributed by atoms with Gasteiger partial charge in [-0.05, 0) is 42.3 Å². The zero-order valence-corrected chi connectivity index (χ0v) is 19.5. The molecule has 0 fully saturated rings. The van der Waals surface area contributed by atoms with Gasteiger partial charge < -0.3 is 14.8 Å². The molecule has 0 aliphatic heterocycles. The first-order valence-electron chi connectivity index (χ1n) is 9.97. The van der Waals surface area contributed by atoms with E-state index in [9.17, 15) is 14.9 Å². The summed E-state index contributed by atoms with van der Waals surface area (Å²) < 4.78 is 10.5. The number of hydrazone groups is 1. The van der Waals surface area contributed by atoms with Crippen LogP contribution in [0.2, 0.25) is 0 Å². The van der Waals surface area contributed by atoms with Crippen molar-refractivity contribution in [1.82, 2.24) is 20.5 Å². The summed E-state index contributed by atoms with van der Waals surface area (Å²) in [6.07, 6.45) is 0. The van der Waals surface area contributed by atoms with Crippen LogP contribution in [0, 0.1) is 10.1 Å². The Morgan fingerprint density at radius 3 is 2.59 bits per heavy atom. The first-order chi connectivity index (χ1) is 16.4. The van der Waals surface area contributed by atoms with Gasteiger partial charge in [-0.3, -0.25) is 14.9 Å². The van der Waals surface area contributed by atoms with Crippen molar-refractivity contribution in [1.29, 1.82) is 0 Å². The molecule has 0 atom stereocenters. The fourth-order valence-electron chi connectivity index (χ4n) is 2.76. The van der Waals surface area contributed by atoms with E-state index in [4.69, 9.17) is 9.47 Å². The number of nitrogens with one attached hydrogen (secondary N) is 3. The number of benzene rings is 2. The molecule has 12 nitrogen and oxygen atoms in total. The lowest BCUT2D eigenvalue weighted by molar-refractivity contribution is -0.384. The number of ether oxygens (including phenoxy) is 2. The Morgan fingerprint density at radius 2 is 1.91 bits per heavy atom. The summed E-state index contributed by atoms with van der Waals surface area (Å²) in [6, 6.07) is 11.5. The van der Waals surface area contributed by atoms with Crippen LogP contribution >= 0.6 is 11.8 Å². The molecule has 34 heavy (non-hydrogen) atoms. The third-order valence-electron chi connectivity index (χ3n) is 4.56. The highest BCUT2D eigenvalue weighted by Crippen LogP contribution is 2.27. The lowest BCUT2D eigenvalue weighted by atomic mass is 10.1. The van der Waals surface area contributed by atoms with Crippen molar-refractivity contribution in [2.45, 2.75) is 18.6 Å². The van der Waals surface area contributed by atoms with Crippen molar-refractivity contribution in [2.75, 3.05) is 25.4 Å². The van der Waals surface area contributed by atoms with Gasteiger partial charge in [0, 0.05) is 18.7 Å². The fraction of sp³-hybridized carbons (Fsp3) is 0.238. The normalized spacial score (nSPS) is 11.1. The number of aromatic amines is 1. The molecule has 0 bridgehead atoms. The fourth-order valence-corrected chi connectivity index (χ4v) is 3.39. The van der Waals surface area contributed by atoms with Gasteiger partial charge in [0.1, 0.15) is 0 Å². The molecule has 0 radical (unpaired) electrons. The maximum atomic E-state index is 12.2. The molecular formula is C21H23N7O5S. The number of hydrogen-bond acceptors (Lipinski definition) is 10. The number of nitro benzene ring substituents is 1. The van der Waals surface area contributed by atoms with E-state index >= 15 is 0 Å². The number of rotatable bonds is 11. The number of amides is 1.